The maximum atomic E-state index is 12.2. The molecule has 0 radical (unpaired) electrons. The van der Waals surface area contributed by atoms with E-state index in [1.54, 1.807) is 6.20 Å². The molecule has 0 spiro atoms. The Kier molecular flexibility index (Phi) is 8.99. The fourth-order valence-corrected chi connectivity index (χ4v) is 4.89. The molecule has 208 valence electrons. The van der Waals surface area contributed by atoms with Crippen LogP contribution in [0, 0.1) is 0 Å². The first-order valence-electron chi connectivity index (χ1n) is 13.1. The number of amides is 2. The molecule has 40 heavy (non-hydrogen) atoms. The number of ether oxygens (including phenoxy) is 1. The molecule has 0 fully saturated rings. The Hall–Kier alpha value is -4.29. The number of carbonyl (C=O) groups excluding carboxylic acids is 1. The van der Waals surface area contributed by atoms with Crippen LogP contribution in [0.5, 0.6) is 0 Å². The van der Waals surface area contributed by atoms with Gasteiger partial charge in [0, 0.05) is 48.3 Å². The second-order valence-corrected chi connectivity index (χ2v) is 10.6. The summed E-state index contributed by atoms with van der Waals surface area (Å²) in [6, 6.07) is 8.93. The van der Waals surface area contributed by atoms with Crippen LogP contribution < -0.4 is 16.0 Å². The number of aromatic nitrogens is 4. The summed E-state index contributed by atoms with van der Waals surface area (Å²) < 4.78 is 11.9. The lowest BCUT2D eigenvalue weighted by atomic mass is 10.0. The zero-order valence-electron chi connectivity index (χ0n) is 22.5. The monoisotopic (exact) mass is 560 g/mol. The summed E-state index contributed by atoms with van der Waals surface area (Å²) in [6.45, 7) is 2.32. The fraction of sp³-hybridized carbons (Fsp3) is 0.321. The van der Waals surface area contributed by atoms with Crippen LogP contribution in [0.1, 0.15) is 30.0 Å². The van der Waals surface area contributed by atoms with Crippen molar-refractivity contribution < 1.29 is 13.9 Å². The Morgan fingerprint density at radius 3 is 2.77 bits per heavy atom. The molecule has 5 rings (SSSR count). The maximum Gasteiger partial charge on any atom is 0.325 e. The van der Waals surface area contributed by atoms with Crippen molar-refractivity contribution in [2.75, 3.05) is 49.7 Å². The summed E-state index contributed by atoms with van der Waals surface area (Å²) >= 11 is 1.43. The molecule has 12 heteroatoms. The van der Waals surface area contributed by atoms with Crippen molar-refractivity contribution in [3.8, 4) is 0 Å². The van der Waals surface area contributed by atoms with Crippen molar-refractivity contribution in [1.29, 1.82) is 0 Å². The van der Waals surface area contributed by atoms with Gasteiger partial charge >= 0.3 is 6.03 Å². The van der Waals surface area contributed by atoms with Crippen LogP contribution in [0.25, 0.3) is 16.8 Å². The second kappa shape index (κ2) is 13.2. The fourth-order valence-electron chi connectivity index (χ4n) is 4.09. The zero-order valence-corrected chi connectivity index (χ0v) is 23.3. The van der Waals surface area contributed by atoms with Crippen LogP contribution >= 0.6 is 11.3 Å². The lowest BCUT2D eigenvalue weighted by Crippen LogP contribution is -2.19. The van der Waals surface area contributed by atoms with E-state index < -0.39 is 0 Å². The number of anilines is 3. The number of fused-ring (bicyclic) bond motifs is 1. The summed E-state index contributed by atoms with van der Waals surface area (Å²) in [4.78, 5) is 33.0. The van der Waals surface area contributed by atoms with Crippen molar-refractivity contribution in [3.63, 3.8) is 0 Å². The van der Waals surface area contributed by atoms with Gasteiger partial charge in [-0.25, -0.2) is 19.7 Å². The van der Waals surface area contributed by atoms with Crippen LogP contribution in [-0.4, -0.2) is 64.7 Å². The maximum absolute atomic E-state index is 12.2. The molecule has 2 amide bonds. The lowest BCUT2D eigenvalue weighted by molar-refractivity contribution is 0.188. The van der Waals surface area contributed by atoms with Crippen LogP contribution in [-0.2, 0) is 11.2 Å². The SMILES string of the molecule is CN(C)CCCOC1=CC=C(c2nc3c(NCCc4cnc(NC(=O)Nc5ccccc5)s4)ncnc3o2)CC1. The highest BCUT2D eigenvalue weighted by molar-refractivity contribution is 7.15. The summed E-state index contributed by atoms with van der Waals surface area (Å²) in [7, 11) is 4.12. The summed E-state index contributed by atoms with van der Waals surface area (Å²) in [5.74, 6) is 2.15. The van der Waals surface area contributed by atoms with Gasteiger partial charge in [-0.3, -0.25) is 5.32 Å². The standard InChI is InChI=1S/C28H32N8O3S/c1-36(2)15-6-16-38-21-11-9-19(10-12-21)25-34-23-24(31-18-32-26(23)39-25)29-14-13-22-17-30-28(40-22)35-27(37)33-20-7-4-3-5-8-20/h3-5,7-9,11,17-18H,6,10,12-16H2,1-2H3,(H,29,31,32)(H2,30,33,35,37). The molecule has 11 nitrogen and oxygen atoms in total. The highest BCUT2D eigenvalue weighted by Gasteiger charge is 2.18. The third kappa shape index (κ3) is 7.42. The molecule has 0 bridgehead atoms. The van der Waals surface area contributed by atoms with E-state index in [1.165, 1.54) is 17.7 Å². The molecule has 1 aromatic carbocycles. The molecular formula is C28H32N8O3S. The van der Waals surface area contributed by atoms with Crippen LogP contribution in [0.15, 0.2) is 65.2 Å². The average molecular weight is 561 g/mol. The lowest BCUT2D eigenvalue weighted by Gasteiger charge is -2.15. The van der Waals surface area contributed by atoms with E-state index in [0.29, 0.717) is 53.3 Å². The van der Waals surface area contributed by atoms with Crippen molar-refractivity contribution in [2.45, 2.75) is 25.7 Å². The van der Waals surface area contributed by atoms with Gasteiger partial charge in [0.05, 0.1) is 12.4 Å². The highest BCUT2D eigenvalue weighted by Crippen LogP contribution is 2.30. The van der Waals surface area contributed by atoms with Gasteiger partial charge in [0.1, 0.15) is 6.33 Å². The van der Waals surface area contributed by atoms with Crippen molar-refractivity contribution in [3.05, 3.63) is 71.5 Å². The molecule has 1 aliphatic carbocycles. The zero-order chi connectivity index (χ0) is 27.7. The van der Waals surface area contributed by atoms with Gasteiger partial charge in [-0.1, -0.05) is 24.3 Å². The summed E-state index contributed by atoms with van der Waals surface area (Å²) in [6.07, 6.45) is 10.5. The first-order valence-corrected chi connectivity index (χ1v) is 14.0. The molecule has 0 saturated heterocycles. The quantitative estimate of drug-likeness (QED) is 0.195. The molecular weight excluding hydrogens is 528 g/mol. The van der Waals surface area contributed by atoms with Crippen LogP contribution in [0.4, 0.5) is 21.4 Å². The number of oxazole rings is 1. The summed E-state index contributed by atoms with van der Waals surface area (Å²) in [5.41, 5.74) is 2.76. The predicted molar refractivity (Wildman–Crippen MR) is 157 cm³/mol. The first kappa shape index (κ1) is 27.3. The van der Waals surface area contributed by atoms with Gasteiger partial charge in [0.15, 0.2) is 16.5 Å². The van der Waals surface area contributed by atoms with Crippen LogP contribution in [0.2, 0.25) is 0 Å². The van der Waals surface area contributed by atoms with E-state index in [0.717, 1.165) is 42.0 Å². The molecule has 3 heterocycles. The highest BCUT2D eigenvalue weighted by atomic mass is 32.1. The number of hydrogen-bond donors (Lipinski definition) is 3. The van der Waals surface area contributed by atoms with Crippen LogP contribution in [0.3, 0.4) is 0 Å². The van der Waals surface area contributed by atoms with E-state index in [-0.39, 0.29) is 6.03 Å². The average Bonchev–Trinajstić information content (AvgIpc) is 3.59. The van der Waals surface area contributed by atoms with Gasteiger partial charge in [-0.2, -0.15) is 4.98 Å². The van der Waals surface area contributed by atoms with Crippen molar-refractivity contribution >= 4 is 50.8 Å². The van der Waals surface area contributed by atoms with Crippen molar-refractivity contribution in [1.82, 2.24) is 24.8 Å². The second-order valence-electron chi connectivity index (χ2n) is 9.48. The van der Waals surface area contributed by atoms with E-state index in [1.807, 2.05) is 42.5 Å². The third-order valence-corrected chi connectivity index (χ3v) is 7.06. The number of carbonyl (C=O) groups is 1. The van der Waals surface area contributed by atoms with E-state index in [9.17, 15) is 4.79 Å². The molecule has 4 aromatic rings. The Labute approximate surface area is 236 Å². The molecule has 0 unspecified atom stereocenters. The Balaban J connectivity index is 1.14. The largest absolute Gasteiger partial charge is 0.498 e. The molecule has 0 saturated carbocycles. The number of rotatable bonds is 12. The number of thiazole rings is 1. The minimum atomic E-state index is -0.331. The van der Waals surface area contributed by atoms with Gasteiger partial charge in [0.2, 0.25) is 5.89 Å². The number of nitrogens with zero attached hydrogens (tertiary/aromatic N) is 5. The number of nitrogens with one attached hydrogen (secondary N) is 3. The minimum Gasteiger partial charge on any atom is -0.498 e. The molecule has 3 N–H and O–H groups in total. The first-order chi connectivity index (χ1) is 19.5. The van der Waals surface area contributed by atoms with Gasteiger partial charge in [-0.15, -0.1) is 11.3 Å². The minimum absolute atomic E-state index is 0.331. The number of hydrogen-bond acceptors (Lipinski definition) is 10. The van der Waals surface area contributed by atoms with Gasteiger partial charge in [0.25, 0.3) is 5.71 Å². The molecule has 1 aliphatic rings. The van der Waals surface area contributed by atoms with Gasteiger partial charge in [-0.05, 0) is 45.1 Å². The topological polar surface area (TPSA) is 130 Å². The molecule has 0 aliphatic heterocycles. The molecule has 0 atom stereocenters. The Morgan fingerprint density at radius 1 is 1.10 bits per heavy atom. The number of allylic oxidation sites excluding steroid dienone is 4. The Bertz CT molecular complexity index is 1500. The van der Waals surface area contributed by atoms with Crippen molar-refractivity contribution in [2.24, 2.45) is 0 Å². The normalized spacial score (nSPS) is 13.2. The number of urea groups is 1. The molecule has 3 aromatic heterocycles. The van der Waals surface area contributed by atoms with E-state index in [2.05, 4.69) is 49.9 Å². The Morgan fingerprint density at radius 2 is 1.98 bits per heavy atom. The van der Waals surface area contributed by atoms with E-state index in [4.69, 9.17) is 14.1 Å². The predicted octanol–water partition coefficient (Wildman–Crippen LogP) is 5.40. The number of benzene rings is 1. The number of para-hydroxylation sites is 1. The van der Waals surface area contributed by atoms with E-state index >= 15 is 0 Å². The third-order valence-electron chi connectivity index (χ3n) is 6.09. The summed E-state index contributed by atoms with van der Waals surface area (Å²) in [5, 5.41) is 9.42. The smallest absolute Gasteiger partial charge is 0.325 e. The van der Waals surface area contributed by atoms with Gasteiger partial charge < -0.3 is 24.7 Å².